The van der Waals surface area contributed by atoms with Crippen molar-refractivity contribution in [3.05, 3.63) is 35.4 Å². The first kappa shape index (κ1) is 14.8. The molecule has 6 heteroatoms. The number of hydrogen-bond acceptors (Lipinski definition) is 4. The molecule has 0 saturated carbocycles. The Morgan fingerprint density at radius 1 is 1.18 bits per heavy atom. The smallest absolute Gasteiger partial charge is 0.308 e. The van der Waals surface area contributed by atoms with E-state index in [-0.39, 0.29) is 23.7 Å². The number of anilines is 1. The molecule has 2 atom stereocenters. The molecule has 0 radical (unpaired) electrons. The molecule has 1 aliphatic carbocycles. The monoisotopic (exact) mass is 319 g/mol. The molecule has 2 amide bonds. The lowest BCUT2D eigenvalue weighted by atomic mass is 9.85. The van der Waals surface area contributed by atoms with Gasteiger partial charge in [0.1, 0.15) is 5.75 Å². The van der Waals surface area contributed by atoms with Gasteiger partial charge in [-0.15, -0.1) is 0 Å². The van der Waals surface area contributed by atoms with E-state index in [1.165, 1.54) is 11.8 Å². The summed E-state index contributed by atoms with van der Waals surface area (Å²) in [6.45, 7) is 1.31. The molecule has 0 N–H and O–H groups in total. The van der Waals surface area contributed by atoms with Gasteiger partial charge in [0.25, 0.3) is 0 Å². The fourth-order valence-corrected chi connectivity index (χ4v) is 3.17. The second-order valence-electron chi connectivity index (χ2n) is 5.40. The fraction of sp³-hybridized carbons (Fsp3) is 0.312. The highest BCUT2D eigenvalue weighted by Gasteiger charge is 2.48. The molecule has 1 fully saturated rings. The van der Waals surface area contributed by atoms with Gasteiger partial charge in [-0.25, -0.2) is 0 Å². The van der Waals surface area contributed by atoms with Crippen LogP contribution in [0, 0.1) is 11.8 Å². The Balaban J connectivity index is 1.85. The second-order valence-corrected chi connectivity index (χ2v) is 5.89. The highest BCUT2D eigenvalue weighted by Crippen LogP contribution is 2.40. The fourth-order valence-electron chi connectivity index (χ4n) is 2.91. The third-order valence-corrected chi connectivity index (χ3v) is 4.23. The summed E-state index contributed by atoms with van der Waals surface area (Å²) in [6, 6.07) is 6.32. The van der Waals surface area contributed by atoms with E-state index in [0.717, 1.165) is 0 Å². The van der Waals surface area contributed by atoms with Gasteiger partial charge in [-0.2, -0.15) is 0 Å². The first-order valence-electron chi connectivity index (χ1n) is 6.98. The molecule has 1 aliphatic heterocycles. The summed E-state index contributed by atoms with van der Waals surface area (Å²) in [5, 5.41) is 0.634. The minimum atomic E-state index is -0.423. The molecule has 3 rings (SSSR count). The summed E-state index contributed by atoms with van der Waals surface area (Å²) in [5.41, 5.74) is 0.483. The van der Waals surface area contributed by atoms with E-state index >= 15 is 0 Å². The number of nitrogens with zero attached hydrogens (tertiary/aromatic N) is 1. The number of carbonyl (C=O) groups is 3. The van der Waals surface area contributed by atoms with Crippen LogP contribution in [0.2, 0.25) is 0 Å². The second kappa shape index (κ2) is 5.57. The highest BCUT2D eigenvalue weighted by molar-refractivity contribution is 6.30. The Bertz CT molecular complexity index is 680. The van der Waals surface area contributed by atoms with Crippen LogP contribution in [0.4, 0.5) is 5.69 Å². The van der Waals surface area contributed by atoms with Gasteiger partial charge in [-0.1, -0.05) is 17.7 Å². The van der Waals surface area contributed by atoms with Crippen LogP contribution in [0.1, 0.15) is 19.8 Å². The van der Waals surface area contributed by atoms with E-state index < -0.39 is 5.97 Å². The number of allylic oxidation sites excluding steroid dienone is 2. The SMILES string of the molecule is CC(=O)Oc1ccc(N2C(=O)[C@H]3CC=C(Cl)C[C@@H]3C2=O)cc1. The number of fused-ring (bicyclic) bond motifs is 1. The standard InChI is InChI=1S/C16H14ClNO4/c1-9(19)22-12-5-3-11(4-6-12)18-15(20)13-7-2-10(17)8-14(13)16(18)21/h2-6,13-14H,7-8H2,1H3/t13-,14-/m0/s1. The van der Waals surface area contributed by atoms with Gasteiger partial charge in [-0.3, -0.25) is 19.3 Å². The molecule has 0 bridgehead atoms. The summed E-state index contributed by atoms with van der Waals surface area (Å²) in [5.74, 6) is -1.18. The number of hydrogen-bond donors (Lipinski definition) is 0. The van der Waals surface area contributed by atoms with Crippen molar-refractivity contribution in [3.8, 4) is 5.75 Å². The number of carbonyl (C=O) groups excluding carboxylic acids is 3. The Morgan fingerprint density at radius 2 is 1.82 bits per heavy atom. The first-order valence-corrected chi connectivity index (χ1v) is 7.36. The highest BCUT2D eigenvalue weighted by atomic mass is 35.5. The zero-order chi connectivity index (χ0) is 15.9. The van der Waals surface area contributed by atoms with Gasteiger partial charge in [0.2, 0.25) is 11.8 Å². The number of ether oxygens (including phenoxy) is 1. The Labute approximate surface area is 132 Å². The van der Waals surface area contributed by atoms with Crippen LogP contribution in [0.25, 0.3) is 0 Å². The van der Waals surface area contributed by atoms with Crippen LogP contribution in [0.3, 0.4) is 0 Å². The molecule has 114 valence electrons. The summed E-state index contributed by atoms with van der Waals surface area (Å²) >= 11 is 5.99. The number of benzene rings is 1. The summed E-state index contributed by atoms with van der Waals surface area (Å²) < 4.78 is 4.94. The Morgan fingerprint density at radius 3 is 2.45 bits per heavy atom. The van der Waals surface area contributed by atoms with Crippen molar-refractivity contribution in [1.82, 2.24) is 0 Å². The molecular weight excluding hydrogens is 306 g/mol. The van der Waals surface area contributed by atoms with Gasteiger partial charge >= 0.3 is 5.97 Å². The third-order valence-electron chi connectivity index (χ3n) is 3.93. The number of rotatable bonds is 2. The summed E-state index contributed by atoms with van der Waals surface area (Å²) in [4.78, 5) is 37.1. The van der Waals surface area contributed by atoms with Gasteiger partial charge in [0.15, 0.2) is 0 Å². The van der Waals surface area contributed by atoms with Crippen LogP contribution < -0.4 is 9.64 Å². The zero-order valence-corrected chi connectivity index (χ0v) is 12.7. The predicted octanol–water partition coefficient (Wildman–Crippen LogP) is 2.63. The normalized spacial score (nSPS) is 24.1. The third kappa shape index (κ3) is 2.52. The van der Waals surface area contributed by atoms with E-state index in [2.05, 4.69) is 0 Å². The van der Waals surface area contributed by atoms with Gasteiger partial charge in [0.05, 0.1) is 17.5 Å². The van der Waals surface area contributed by atoms with Crippen molar-refractivity contribution in [3.63, 3.8) is 0 Å². The van der Waals surface area contributed by atoms with Crippen LogP contribution in [-0.2, 0) is 14.4 Å². The van der Waals surface area contributed by atoms with E-state index in [0.29, 0.717) is 29.3 Å². The largest absolute Gasteiger partial charge is 0.427 e. The quantitative estimate of drug-likeness (QED) is 0.477. The van der Waals surface area contributed by atoms with Crippen LogP contribution in [0.5, 0.6) is 5.75 Å². The molecule has 1 saturated heterocycles. The maximum Gasteiger partial charge on any atom is 0.308 e. The zero-order valence-electron chi connectivity index (χ0n) is 11.9. The van der Waals surface area contributed by atoms with E-state index in [1.54, 1.807) is 30.3 Å². The van der Waals surface area contributed by atoms with E-state index in [4.69, 9.17) is 16.3 Å². The van der Waals surface area contributed by atoms with Crippen molar-refractivity contribution >= 4 is 35.1 Å². The molecule has 0 aromatic heterocycles. The van der Waals surface area contributed by atoms with Crippen molar-refractivity contribution in [2.45, 2.75) is 19.8 Å². The molecule has 1 aromatic rings. The number of halogens is 1. The average molecular weight is 320 g/mol. The number of esters is 1. The lowest BCUT2D eigenvalue weighted by molar-refractivity contribution is -0.132. The number of imide groups is 1. The predicted molar refractivity (Wildman–Crippen MR) is 80.4 cm³/mol. The van der Waals surface area contributed by atoms with E-state index in [9.17, 15) is 14.4 Å². The molecule has 5 nitrogen and oxygen atoms in total. The minimum absolute atomic E-state index is 0.198. The van der Waals surface area contributed by atoms with Crippen molar-refractivity contribution in [2.24, 2.45) is 11.8 Å². The van der Waals surface area contributed by atoms with Gasteiger partial charge < -0.3 is 4.74 Å². The Kier molecular flexibility index (Phi) is 3.74. The molecule has 0 spiro atoms. The van der Waals surface area contributed by atoms with Gasteiger partial charge in [-0.05, 0) is 37.1 Å². The molecule has 1 heterocycles. The lowest BCUT2D eigenvalue weighted by Crippen LogP contribution is -2.30. The van der Waals surface area contributed by atoms with Crippen molar-refractivity contribution in [2.75, 3.05) is 4.90 Å². The van der Waals surface area contributed by atoms with Crippen LogP contribution in [-0.4, -0.2) is 17.8 Å². The molecule has 22 heavy (non-hydrogen) atoms. The topological polar surface area (TPSA) is 63.7 Å². The average Bonchev–Trinajstić information content (AvgIpc) is 2.71. The molecule has 2 aliphatic rings. The Hall–Kier alpha value is -2.14. The summed E-state index contributed by atoms with van der Waals surface area (Å²) in [6.07, 6.45) is 2.72. The minimum Gasteiger partial charge on any atom is -0.427 e. The van der Waals surface area contributed by atoms with Crippen LogP contribution >= 0.6 is 11.6 Å². The van der Waals surface area contributed by atoms with Crippen molar-refractivity contribution < 1.29 is 19.1 Å². The molecule has 0 unspecified atom stereocenters. The van der Waals surface area contributed by atoms with E-state index in [1.807, 2.05) is 0 Å². The van der Waals surface area contributed by atoms with Crippen molar-refractivity contribution in [1.29, 1.82) is 0 Å². The molecular formula is C16H14ClNO4. The number of amides is 2. The first-order chi connectivity index (χ1) is 10.5. The molecule has 1 aromatic carbocycles. The maximum atomic E-state index is 12.5. The van der Waals surface area contributed by atoms with Gasteiger partial charge in [0, 0.05) is 12.0 Å². The maximum absolute atomic E-state index is 12.5. The summed E-state index contributed by atoms with van der Waals surface area (Å²) in [7, 11) is 0. The lowest BCUT2D eigenvalue weighted by Gasteiger charge is -2.17. The van der Waals surface area contributed by atoms with Crippen LogP contribution in [0.15, 0.2) is 35.4 Å².